The van der Waals surface area contributed by atoms with Crippen molar-refractivity contribution >= 4 is 5.91 Å². The molecule has 0 aliphatic carbocycles. The van der Waals surface area contributed by atoms with E-state index in [1.165, 1.54) is 17.7 Å². The molecule has 1 aromatic carbocycles. The second-order valence-corrected chi connectivity index (χ2v) is 5.90. The number of hydrogen-bond donors (Lipinski definition) is 1. The van der Waals surface area contributed by atoms with Crippen molar-refractivity contribution in [1.29, 1.82) is 0 Å². The lowest BCUT2D eigenvalue weighted by Crippen LogP contribution is -2.43. The molecule has 2 heterocycles. The number of carbonyl (C=O) groups is 1. The number of nitrogens with zero attached hydrogens (tertiary/aromatic N) is 3. The first-order valence-corrected chi connectivity index (χ1v) is 7.71. The Morgan fingerprint density at radius 2 is 2.04 bits per heavy atom. The Hall–Kier alpha value is -2.50. The fourth-order valence-electron chi connectivity index (χ4n) is 3.00. The maximum absolute atomic E-state index is 12.6. The molecule has 6 heteroatoms. The highest BCUT2D eigenvalue weighted by Gasteiger charge is 2.28. The SMILES string of the molecule is Cc1nn(C)c2c1CCN(C(=O)C(C)Oc1ccc(O)cc1)C2. The maximum Gasteiger partial charge on any atom is 0.263 e. The van der Waals surface area contributed by atoms with Crippen LogP contribution < -0.4 is 4.74 Å². The normalized spacial score (nSPS) is 15.2. The number of phenolic OH excluding ortho intramolecular Hbond substituents is 1. The van der Waals surface area contributed by atoms with E-state index in [2.05, 4.69) is 5.10 Å². The Bertz CT molecular complexity index is 721. The summed E-state index contributed by atoms with van der Waals surface area (Å²) in [5.41, 5.74) is 3.39. The summed E-state index contributed by atoms with van der Waals surface area (Å²) >= 11 is 0. The standard InChI is InChI=1S/C17H21N3O3/c1-11-15-8-9-20(10-16(15)19(3)18-11)17(22)12(2)23-14-6-4-13(21)5-7-14/h4-7,12,21H,8-10H2,1-3H3. The summed E-state index contributed by atoms with van der Waals surface area (Å²) in [5.74, 6) is 0.701. The number of ether oxygens (including phenoxy) is 1. The van der Waals surface area contributed by atoms with Crippen molar-refractivity contribution in [2.45, 2.75) is 32.9 Å². The highest BCUT2D eigenvalue weighted by molar-refractivity contribution is 5.81. The van der Waals surface area contributed by atoms with Gasteiger partial charge < -0.3 is 14.7 Å². The Kier molecular flexibility index (Phi) is 3.98. The number of aromatic nitrogens is 2. The lowest BCUT2D eigenvalue weighted by Gasteiger charge is -2.30. The summed E-state index contributed by atoms with van der Waals surface area (Å²) in [5, 5.41) is 13.7. The number of carbonyl (C=O) groups excluding carboxylic acids is 1. The van der Waals surface area contributed by atoms with E-state index in [0.29, 0.717) is 18.8 Å². The van der Waals surface area contributed by atoms with Gasteiger partial charge in [0.05, 0.1) is 17.9 Å². The van der Waals surface area contributed by atoms with Crippen molar-refractivity contribution in [3.05, 3.63) is 41.2 Å². The molecular weight excluding hydrogens is 294 g/mol. The fraction of sp³-hybridized carbons (Fsp3) is 0.412. The van der Waals surface area contributed by atoms with Crippen LogP contribution >= 0.6 is 0 Å². The zero-order valence-corrected chi connectivity index (χ0v) is 13.6. The Labute approximate surface area is 135 Å². The third-order valence-electron chi connectivity index (χ3n) is 4.26. The smallest absolute Gasteiger partial charge is 0.263 e. The molecule has 0 fully saturated rings. The van der Waals surface area contributed by atoms with Gasteiger partial charge in [0, 0.05) is 13.6 Å². The van der Waals surface area contributed by atoms with Crippen LogP contribution in [0.25, 0.3) is 0 Å². The second-order valence-electron chi connectivity index (χ2n) is 5.90. The summed E-state index contributed by atoms with van der Waals surface area (Å²) in [6.45, 7) is 5.00. The van der Waals surface area contributed by atoms with Crippen LogP contribution in [0.4, 0.5) is 0 Å². The minimum atomic E-state index is -0.574. The van der Waals surface area contributed by atoms with Crippen LogP contribution in [-0.4, -0.2) is 38.3 Å². The van der Waals surface area contributed by atoms with Crippen molar-refractivity contribution in [2.24, 2.45) is 7.05 Å². The molecule has 0 radical (unpaired) electrons. The third kappa shape index (κ3) is 3.02. The van der Waals surface area contributed by atoms with Crippen molar-refractivity contribution in [2.75, 3.05) is 6.54 Å². The summed E-state index contributed by atoms with van der Waals surface area (Å²) in [6, 6.07) is 6.38. The Morgan fingerprint density at radius 3 is 2.74 bits per heavy atom. The molecule has 1 amide bonds. The number of aryl methyl sites for hydroxylation is 2. The van der Waals surface area contributed by atoms with E-state index in [0.717, 1.165) is 17.8 Å². The highest BCUT2D eigenvalue weighted by Crippen LogP contribution is 2.23. The number of rotatable bonds is 3. The first kappa shape index (κ1) is 15.4. The molecule has 0 saturated heterocycles. The van der Waals surface area contributed by atoms with Crippen LogP contribution in [-0.2, 0) is 24.8 Å². The number of phenols is 1. The lowest BCUT2D eigenvalue weighted by molar-refractivity contribution is -0.139. The quantitative estimate of drug-likeness (QED) is 0.937. The summed E-state index contributed by atoms with van der Waals surface area (Å²) in [7, 11) is 1.91. The van der Waals surface area contributed by atoms with Gasteiger partial charge in [-0.1, -0.05) is 0 Å². The van der Waals surface area contributed by atoms with Gasteiger partial charge in [0.15, 0.2) is 6.10 Å². The van der Waals surface area contributed by atoms with Crippen LogP contribution in [0.1, 0.15) is 23.9 Å². The first-order chi connectivity index (χ1) is 11.0. The molecule has 0 spiro atoms. The molecule has 1 aromatic heterocycles. The van der Waals surface area contributed by atoms with Crippen LogP contribution in [0.3, 0.4) is 0 Å². The minimum Gasteiger partial charge on any atom is -0.508 e. The number of benzene rings is 1. The molecule has 1 unspecified atom stereocenters. The summed E-state index contributed by atoms with van der Waals surface area (Å²) in [4.78, 5) is 14.4. The largest absolute Gasteiger partial charge is 0.508 e. The molecule has 1 aliphatic rings. The maximum atomic E-state index is 12.6. The van der Waals surface area contributed by atoms with E-state index in [9.17, 15) is 9.90 Å². The summed E-state index contributed by atoms with van der Waals surface area (Å²) in [6.07, 6.45) is 0.252. The third-order valence-corrected chi connectivity index (χ3v) is 4.26. The summed E-state index contributed by atoms with van der Waals surface area (Å²) < 4.78 is 7.54. The molecule has 1 N–H and O–H groups in total. The van der Waals surface area contributed by atoms with Crippen molar-refractivity contribution in [3.8, 4) is 11.5 Å². The molecule has 1 atom stereocenters. The molecule has 2 aromatic rings. The van der Waals surface area contributed by atoms with Gasteiger partial charge in [0.2, 0.25) is 0 Å². The van der Waals surface area contributed by atoms with Crippen molar-refractivity contribution in [3.63, 3.8) is 0 Å². The molecule has 1 aliphatic heterocycles. The number of hydrogen-bond acceptors (Lipinski definition) is 4. The monoisotopic (exact) mass is 315 g/mol. The lowest BCUT2D eigenvalue weighted by atomic mass is 10.0. The van der Waals surface area contributed by atoms with Gasteiger partial charge in [-0.05, 0) is 50.1 Å². The van der Waals surface area contributed by atoms with Gasteiger partial charge in [0.25, 0.3) is 5.91 Å². The second kappa shape index (κ2) is 5.95. The first-order valence-electron chi connectivity index (χ1n) is 7.71. The van der Waals surface area contributed by atoms with E-state index in [4.69, 9.17) is 4.74 Å². The predicted molar refractivity (Wildman–Crippen MR) is 85.3 cm³/mol. The van der Waals surface area contributed by atoms with Gasteiger partial charge in [-0.3, -0.25) is 9.48 Å². The van der Waals surface area contributed by atoms with Gasteiger partial charge in [0.1, 0.15) is 11.5 Å². The topological polar surface area (TPSA) is 67.6 Å². The molecule has 3 rings (SSSR count). The number of fused-ring (bicyclic) bond motifs is 1. The van der Waals surface area contributed by atoms with Gasteiger partial charge in [-0.2, -0.15) is 5.10 Å². The molecular formula is C17H21N3O3. The van der Waals surface area contributed by atoms with E-state index >= 15 is 0 Å². The number of aromatic hydroxyl groups is 1. The molecule has 122 valence electrons. The Balaban J connectivity index is 1.68. The predicted octanol–water partition coefficient (Wildman–Crippen LogP) is 1.79. The average Bonchev–Trinajstić information content (AvgIpc) is 2.83. The number of amides is 1. The minimum absolute atomic E-state index is 0.0393. The average molecular weight is 315 g/mol. The van der Waals surface area contributed by atoms with Crippen molar-refractivity contribution < 1.29 is 14.6 Å². The van der Waals surface area contributed by atoms with E-state index in [1.807, 2.05) is 23.6 Å². The van der Waals surface area contributed by atoms with E-state index in [1.54, 1.807) is 19.1 Å². The van der Waals surface area contributed by atoms with Gasteiger partial charge in [-0.25, -0.2) is 0 Å². The van der Waals surface area contributed by atoms with Crippen LogP contribution in [0.2, 0.25) is 0 Å². The zero-order valence-electron chi connectivity index (χ0n) is 13.6. The van der Waals surface area contributed by atoms with Crippen LogP contribution in [0.5, 0.6) is 11.5 Å². The van der Waals surface area contributed by atoms with Gasteiger partial charge >= 0.3 is 0 Å². The molecule has 0 bridgehead atoms. The molecule has 6 nitrogen and oxygen atoms in total. The molecule has 23 heavy (non-hydrogen) atoms. The molecule has 0 saturated carbocycles. The van der Waals surface area contributed by atoms with Crippen LogP contribution in [0, 0.1) is 6.92 Å². The van der Waals surface area contributed by atoms with E-state index < -0.39 is 6.10 Å². The zero-order chi connectivity index (χ0) is 16.6. The fourth-order valence-corrected chi connectivity index (χ4v) is 3.00. The highest BCUT2D eigenvalue weighted by atomic mass is 16.5. The van der Waals surface area contributed by atoms with Crippen molar-refractivity contribution in [1.82, 2.24) is 14.7 Å². The van der Waals surface area contributed by atoms with Gasteiger partial charge in [-0.15, -0.1) is 0 Å². The van der Waals surface area contributed by atoms with E-state index in [-0.39, 0.29) is 11.7 Å². The Morgan fingerprint density at radius 1 is 1.35 bits per heavy atom. The van der Waals surface area contributed by atoms with Crippen LogP contribution in [0.15, 0.2) is 24.3 Å².